The zero-order valence-electron chi connectivity index (χ0n) is 15.8. The van der Waals surface area contributed by atoms with Crippen molar-refractivity contribution < 1.29 is 13.2 Å². The van der Waals surface area contributed by atoms with E-state index >= 15 is 0 Å². The summed E-state index contributed by atoms with van der Waals surface area (Å²) in [4.78, 5) is 0.380. The van der Waals surface area contributed by atoms with E-state index in [-0.39, 0.29) is 12.2 Å². The standard InChI is InChI=1S/C20H27NO3S/c1-11(2)13-8-7-12(3)17-14(9-13)15(10-16(17)25(6,22)23)18-19(24-18)20(4,5)21/h7-11,18-19H,21H2,1-6H3. The Morgan fingerprint density at radius 1 is 1.20 bits per heavy atom. The maximum absolute atomic E-state index is 12.4. The number of rotatable bonds is 4. The largest absolute Gasteiger partial charge is 0.362 e. The predicted octanol–water partition coefficient (Wildman–Crippen LogP) is 3.80. The van der Waals surface area contributed by atoms with Crippen LogP contribution in [-0.2, 0) is 14.6 Å². The van der Waals surface area contributed by atoms with Crippen LogP contribution in [0.15, 0.2) is 29.2 Å². The Morgan fingerprint density at radius 3 is 2.32 bits per heavy atom. The molecule has 0 aromatic heterocycles. The molecule has 1 heterocycles. The normalized spacial score (nSPS) is 21.1. The Balaban J connectivity index is 2.26. The molecule has 0 aromatic carbocycles. The molecule has 2 N–H and O–H groups in total. The van der Waals surface area contributed by atoms with E-state index in [1.54, 1.807) is 6.07 Å². The molecule has 0 radical (unpaired) electrons. The molecular weight excluding hydrogens is 334 g/mol. The van der Waals surface area contributed by atoms with E-state index in [2.05, 4.69) is 26.0 Å². The van der Waals surface area contributed by atoms with Gasteiger partial charge in [-0.05, 0) is 55.0 Å². The highest BCUT2D eigenvalue weighted by Gasteiger charge is 2.50. The van der Waals surface area contributed by atoms with Gasteiger partial charge in [0.05, 0.1) is 4.90 Å². The molecule has 0 bridgehead atoms. The number of hydrogen-bond acceptors (Lipinski definition) is 4. The maximum atomic E-state index is 12.4. The summed E-state index contributed by atoms with van der Waals surface area (Å²) in [5.41, 5.74) is 10.6. The van der Waals surface area contributed by atoms with Crippen LogP contribution in [0, 0.1) is 6.92 Å². The van der Waals surface area contributed by atoms with Crippen LogP contribution in [0.1, 0.15) is 56.4 Å². The molecule has 0 spiro atoms. The SMILES string of the molecule is Cc1ccc(C(C)C)cc2c(C3OC3C(C)(C)N)cc(S(C)(=O)=O)c1-2. The van der Waals surface area contributed by atoms with E-state index in [4.69, 9.17) is 10.5 Å². The summed E-state index contributed by atoms with van der Waals surface area (Å²) in [6.45, 7) is 10.1. The van der Waals surface area contributed by atoms with Crippen molar-refractivity contribution in [1.82, 2.24) is 0 Å². The molecule has 25 heavy (non-hydrogen) atoms. The molecule has 3 aliphatic rings. The van der Waals surface area contributed by atoms with Crippen LogP contribution < -0.4 is 5.73 Å². The van der Waals surface area contributed by atoms with Gasteiger partial charge in [-0.2, -0.15) is 0 Å². The lowest BCUT2D eigenvalue weighted by Gasteiger charge is -2.14. The Kier molecular flexibility index (Phi) is 4.26. The lowest BCUT2D eigenvalue weighted by molar-refractivity contribution is 0.309. The monoisotopic (exact) mass is 361 g/mol. The fourth-order valence-corrected chi connectivity index (χ4v) is 4.43. The summed E-state index contributed by atoms with van der Waals surface area (Å²) in [6.07, 6.45) is 1.01. The third kappa shape index (κ3) is 3.33. The van der Waals surface area contributed by atoms with Crippen molar-refractivity contribution in [3.05, 3.63) is 41.0 Å². The van der Waals surface area contributed by atoms with Gasteiger partial charge in [-0.25, -0.2) is 8.42 Å². The van der Waals surface area contributed by atoms with E-state index < -0.39 is 15.4 Å². The molecule has 0 amide bonds. The van der Waals surface area contributed by atoms with E-state index in [1.165, 1.54) is 11.8 Å². The van der Waals surface area contributed by atoms with Gasteiger partial charge >= 0.3 is 0 Å². The molecular formula is C20H27NO3S. The number of aryl methyl sites for hydroxylation is 1. The second-order valence-corrected chi connectivity index (χ2v) is 10.1. The third-order valence-electron chi connectivity index (χ3n) is 4.94. The number of hydrogen-bond donors (Lipinski definition) is 1. The highest BCUT2D eigenvalue weighted by atomic mass is 32.2. The van der Waals surface area contributed by atoms with Gasteiger partial charge in [-0.1, -0.05) is 32.0 Å². The molecule has 3 rings (SSSR count). The van der Waals surface area contributed by atoms with Gasteiger partial charge in [0.25, 0.3) is 0 Å². The minimum absolute atomic E-state index is 0.0983. The van der Waals surface area contributed by atoms with Crippen molar-refractivity contribution in [1.29, 1.82) is 0 Å². The highest BCUT2D eigenvalue weighted by molar-refractivity contribution is 7.90. The van der Waals surface area contributed by atoms with Crippen molar-refractivity contribution in [2.24, 2.45) is 5.73 Å². The number of sulfone groups is 1. The zero-order valence-corrected chi connectivity index (χ0v) is 16.6. The van der Waals surface area contributed by atoms with Crippen LogP contribution in [0.2, 0.25) is 0 Å². The predicted molar refractivity (Wildman–Crippen MR) is 101 cm³/mol. The molecule has 5 heteroatoms. The van der Waals surface area contributed by atoms with Gasteiger partial charge in [-0.3, -0.25) is 0 Å². The first kappa shape index (κ1) is 18.4. The van der Waals surface area contributed by atoms with E-state index in [0.717, 1.165) is 22.3 Å². The number of epoxide rings is 1. The fraction of sp³-hybridized carbons (Fsp3) is 0.500. The van der Waals surface area contributed by atoms with Crippen LogP contribution in [-0.4, -0.2) is 26.3 Å². The van der Waals surface area contributed by atoms with Gasteiger partial charge < -0.3 is 10.5 Å². The van der Waals surface area contributed by atoms with Crippen LogP contribution in [0.4, 0.5) is 0 Å². The average molecular weight is 362 g/mol. The summed E-state index contributed by atoms with van der Waals surface area (Å²) in [7, 11) is -3.34. The minimum atomic E-state index is -3.34. The number of ether oxygens (including phenoxy) is 1. The Hall–Kier alpha value is -1.43. The summed E-state index contributed by atoms with van der Waals surface area (Å²) >= 11 is 0. The fourth-order valence-electron chi connectivity index (χ4n) is 3.45. The second-order valence-electron chi connectivity index (χ2n) is 8.14. The van der Waals surface area contributed by atoms with Crippen molar-refractivity contribution in [2.45, 2.75) is 63.2 Å². The van der Waals surface area contributed by atoms with Crippen molar-refractivity contribution in [3.8, 4) is 11.1 Å². The number of fused-ring (bicyclic) bond motifs is 1. The topological polar surface area (TPSA) is 72.7 Å². The summed E-state index contributed by atoms with van der Waals surface area (Å²) in [5.74, 6) is 0.348. The molecule has 0 saturated carbocycles. The Bertz CT molecular complexity index is 894. The third-order valence-corrected chi connectivity index (χ3v) is 6.06. The van der Waals surface area contributed by atoms with E-state index in [1.807, 2.05) is 26.8 Å². The van der Waals surface area contributed by atoms with Crippen LogP contribution in [0.3, 0.4) is 0 Å². The zero-order chi connectivity index (χ0) is 18.7. The highest BCUT2D eigenvalue weighted by Crippen LogP contribution is 2.51. The van der Waals surface area contributed by atoms with Crippen molar-refractivity contribution >= 4 is 9.84 Å². The van der Waals surface area contributed by atoms with Crippen molar-refractivity contribution in [2.75, 3.05) is 6.26 Å². The first-order chi connectivity index (χ1) is 11.4. The molecule has 2 atom stereocenters. The van der Waals surface area contributed by atoms with Crippen molar-refractivity contribution in [3.63, 3.8) is 0 Å². The Labute approximate surface area is 150 Å². The minimum Gasteiger partial charge on any atom is -0.362 e. The maximum Gasteiger partial charge on any atom is 0.176 e. The van der Waals surface area contributed by atoms with Gasteiger partial charge in [0.15, 0.2) is 9.84 Å². The summed E-state index contributed by atoms with van der Waals surface area (Å²) < 4.78 is 30.6. The van der Waals surface area contributed by atoms with Crippen LogP contribution in [0.5, 0.6) is 0 Å². The lowest BCUT2D eigenvalue weighted by atomic mass is 9.94. The molecule has 0 aromatic rings. The van der Waals surface area contributed by atoms with Gasteiger partial charge in [0, 0.05) is 17.4 Å². The smallest absolute Gasteiger partial charge is 0.176 e. The van der Waals surface area contributed by atoms with E-state index in [0.29, 0.717) is 10.8 Å². The molecule has 1 fully saturated rings. The molecule has 4 nitrogen and oxygen atoms in total. The molecule has 2 aliphatic carbocycles. The lowest BCUT2D eigenvalue weighted by Crippen LogP contribution is -2.38. The molecule has 136 valence electrons. The second kappa shape index (κ2) is 5.79. The van der Waals surface area contributed by atoms with Crippen LogP contribution in [0.25, 0.3) is 11.1 Å². The summed E-state index contributed by atoms with van der Waals surface area (Å²) in [6, 6.07) is 7.98. The first-order valence-corrected chi connectivity index (χ1v) is 10.5. The molecule has 1 aliphatic heterocycles. The molecule has 1 saturated heterocycles. The van der Waals surface area contributed by atoms with Crippen LogP contribution >= 0.6 is 0 Å². The quantitative estimate of drug-likeness (QED) is 0.841. The van der Waals surface area contributed by atoms with E-state index in [9.17, 15) is 8.42 Å². The first-order valence-electron chi connectivity index (χ1n) is 8.63. The summed E-state index contributed by atoms with van der Waals surface area (Å²) in [5, 5.41) is 0. The van der Waals surface area contributed by atoms with Gasteiger partial charge in [-0.15, -0.1) is 0 Å². The van der Waals surface area contributed by atoms with Gasteiger partial charge in [0.2, 0.25) is 0 Å². The Morgan fingerprint density at radius 2 is 1.84 bits per heavy atom. The van der Waals surface area contributed by atoms with Gasteiger partial charge in [0.1, 0.15) is 12.2 Å². The number of nitrogens with two attached hydrogens (primary N) is 1. The molecule has 2 unspecified atom stereocenters. The average Bonchev–Trinajstić information content (AvgIpc) is 3.19.